The first-order valence-corrected chi connectivity index (χ1v) is 6.73. The van der Waals surface area contributed by atoms with Gasteiger partial charge in [0.15, 0.2) is 0 Å². The molecule has 1 rings (SSSR count). The molecule has 0 aliphatic carbocycles. The van der Waals surface area contributed by atoms with Crippen molar-refractivity contribution in [1.29, 1.82) is 5.26 Å². The third kappa shape index (κ3) is 5.52. The van der Waals surface area contributed by atoms with Gasteiger partial charge in [-0.2, -0.15) is 5.26 Å². The predicted octanol–water partition coefficient (Wildman–Crippen LogP) is 2.87. The van der Waals surface area contributed by atoms with Crippen molar-refractivity contribution in [3.63, 3.8) is 0 Å². The second kappa shape index (κ2) is 6.37. The zero-order valence-electron chi connectivity index (χ0n) is 11.5. The van der Waals surface area contributed by atoms with Gasteiger partial charge in [-0.3, -0.25) is 0 Å². The largest absolute Gasteiger partial charge is 0.374 e. The highest BCUT2D eigenvalue weighted by molar-refractivity contribution is 4.91. The van der Waals surface area contributed by atoms with Crippen LogP contribution in [0.15, 0.2) is 0 Å². The van der Waals surface area contributed by atoms with E-state index in [1.54, 1.807) is 0 Å². The quantitative estimate of drug-likeness (QED) is 0.694. The number of unbranched alkanes of at least 4 members (excludes halogenated alkanes) is 1. The maximum Gasteiger partial charge on any atom is 0.0779 e. The van der Waals surface area contributed by atoms with Crippen LogP contribution in [0.2, 0.25) is 0 Å². The van der Waals surface area contributed by atoms with Crippen molar-refractivity contribution in [3.05, 3.63) is 0 Å². The fourth-order valence-corrected chi connectivity index (χ4v) is 2.20. The molecule has 1 aliphatic heterocycles. The summed E-state index contributed by atoms with van der Waals surface area (Å²) < 4.78 is 5.71. The van der Waals surface area contributed by atoms with Gasteiger partial charge in [-0.05, 0) is 53.0 Å². The van der Waals surface area contributed by atoms with Crippen molar-refractivity contribution in [2.24, 2.45) is 5.41 Å². The molecule has 3 nitrogen and oxygen atoms in total. The molecule has 0 radical (unpaired) electrons. The summed E-state index contributed by atoms with van der Waals surface area (Å²) in [4.78, 5) is 0. The molecule has 1 fully saturated rings. The molecule has 0 aromatic heterocycles. The van der Waals surface area contributed by atoms with E-state index in [1.165, 1.54) is 12.8 Å². The number of nitriles is 1. The van der Waals surface area contributed by atoms with Crippen molar-refractivity contribution >= 4 is 0 Å². The molecule has 0 aromatic carbocycles. The fraction of sp³-hybridized carbons (Fsp3) is 0.929. The molecule has 1 aliphatic rings. The van der Waals surface area contributed by atoms with Crippen LogP contribution in [0.25, 0.3) is 0 Å². The van der Waals surface area contributed by atoms with Gasteiger partial charge in [-0.25, -0.2) is 0 Å². The summed E-state index contributed by atoms with van der Waals surface area (Å²) in [6.45, 7) is 9.09. The molecule has 0 amide bonds. The summed E-state index contributed by atoms with van der Waals surface area (Å²) in [6.07, 6.45) is 5.60. The second-order valence-electron chi connectivity index (χ2n) is 6.03. The van der Waals surface area contributed by atoms with Gasteiger partial charge in [0.05, 0.1) is 17.1 Å². The third-order valence-electron chi connectivity index (χ3n) is 3.51. The van der Waals surface area contributed by atoms with Crippen LogP contribution in [-0.4, -0.2) is 25.3 Å². The SMILES string of the molecule is CC(C)(C#N)CCCCNCC1(C)CCCO1. The van der Waals surface area contributed by atoms with Crippen LogP contribution in [0.4, 0.5) is 0 Å². The fourth-order valence-electron chi connectivity index (χ4n) is 2.20. The zero-order valence-corrected chi connectivity index (χ0v) is 11.5. The van der Waals surface area contributed by atoms with Crippen LogP contribution in [0.1, 0.15) is 52.9 Å². The third-order valence-corrected chi connectivity index (χ3v) is 3.51. The summed E-state index contributed by atoms with van der Waals surface area (Å²) in [6, 6.07) is 2.34. The molecular weight excluding hydrogens is 212 g/mol. The van der Waals surface area contributed by atoms with E-state index in [-0.39, 0.29) is 11.0 Å². The lowest BCUT2D eigenvalue weighted by Crippen LogP contribution is -2.37. The molecule has 0 saturated carbocycles. The monoisotopic (exact) mass is 238 g/mol. The zero-order chi connectivity index (χ0) is 12.8. The molecule has 17 heavy (non-hydrogen) atoms. The molecular formula is C14H26N2O. The molecule has 3 heteroatoms. The normalized spacial score (nSPS) is 24.8. The molecule has 1 heterocycles. The Hall–Kier alpha value is -0.590. The van der Waals surface area contributed by atoms with Gasteiger partial charge in [-0.1, -0.05) is 6.42 Å². The van der Waals surface area contributed by atoms with Gasteiger partial charge in [-0.15, -0.1) is 0 Å². The van der Waals surface area contributed by atoms with Crippen LogP contribution in [0, 0.1) is 16.7 Å². The lowest BCUT2D eigenvalue weighted by molar-refractivity contribution is 0.0210. The van der Waals surface area contributed by atoms with E-state index in [1.807, 2.05) is 13.8 Å². The van der Waals surface area contributed by atoms with Crippen LogP contribution in [-0.2, 0) is 4.74 Å². The minimum Gasteiger partial charge on any atom is -0.374 e. The average molecular weight is 238 g/mol. The van der Waals surface area contributed by atoms with Crippen LogP contribution >= 0.6 is 0 Å². The Balaban J connectivity index is 2.00. The van der Waals surface area contributed by atoms with Crippen LogP contribution in [0.5, 0.6) is 0 Å². The van der Waals surface area contributed by atoms with Gasteiger partial charge in [0.2, 0.25) is 0 Å². The first-order chi connectivity index (χ1) is 7.97. The number of hydrogen-bond acceptors (Lipinski definition) is 3. The number of hydrogen-bond donors (Lipinski definition) is 1. The summed E-state index contributed by atoms with van der Waals surface area (Å²) >= 11 is 0. The Kier molecular flexibility index (Phi) is 5.42. The Labute approximate surface area is 106 Å². The van der Waals surface area contributed by atoms with Gasteiger partial charge in [0.1, 0.15) is 0 Å². The predicted molar refractivity (Wildman–Crippen MR) is 69.7 cm³/mol. The molecule has 98 valence electrons. The Morgan fingerprint density at radius 1 is 1.41 bits per heavy atom. The molecule has 0 spiro atoms. The average Bonchev–Trinajstić information content (AvgIpc) is 2.71. The molecule has 1 unspecified atom stereocenters. The number of ether oxygens (including phenoxy) is 1. The number of rotatable bonds is 7. The van der Waals surface area contributed by atoms with Crippen LogP contribution in [0.3, 0.4) is 0 Å². The van der Waals surface area contributed by atoms with E-state index in [0.717, 1.165) is 39.0 Å². The Morgan fingerprint density at radius 2 is 2.18 bits per heavy atom. The number of nitrogens with one attached hydrogen (secondary N) is 1. The summed E-state index contributed by atoms with van der Waals surface area (Å²) in [5.74, 6) is 0. The van der Waals surface area contributed by atoms with Crippen molar-refractivity contribution < 1.29 is 4.74 Å². The topological polar surface area (TPSA) is 45.0 Å². The van der Waals surface area contributed by atoms with Gasteiger partial charge in [0, 0.05) is 13.2 Å². The number of nitrogens with zero attached hydrogens (tertiary/aromatic N) is 1. The lowest BCUT2D eigenvalue weighted by Gasteiger charge is -2.23. The molecule has 1 atom stereocenters. The van der Waals surface area contributed by atoms with Crippen molar-refractivity contribution in [2.75, 3.05) is 19.7 Å². The van der Waals surface area contributed by atoms with E-state index >= 15 is 0 Å². The van der Waals surface area contributed by atoms with Crippen molar-refractivity contribution in [3.8, 4) is 6.07 Å². The van der Waals surface area contributed by atoms with E-state index < -0.39 is 0 Å². The highest BCUT2D eigenvalue weighted by atomic mass is 16.5. The molecule has 0 bridgehead atoms. The molecule has 1 saturated heterocycles. The minimum atomic E-state index is -0.166. The van der Waals surface area contributed by atoms with Crippen molar-refractivity contribution in [2.45, 2.75) is 58.5 Å². The highest BCUT2D eigenvalue weighted by Crippen LogP contribution is 2.24. The van der Waals surface area contributed by atoms with Gasteiger partial charge in [0.25, 0.3) is 0 Å². The van der Waals surface area contributed by atoms with Gasteiger partial charge >= 0.3 is 0 Å². The van der Waals surface area contributed by atoms with E-state index in [2.05, 4.69) is 18.3 Å². The maximum absolute atomic E-state index is 8.89. The van der Waals surface area contributed by atoms with Crippen molar-refractivity contribution in [1.82, 2.24) is 5.32 Å². The minimum absolute atomic E-state index is 0.0614. The second-order valence-corrected chi connectivity index (χ2v) is 6.03. The Bertz CT molecular complexity index is 262. The first-order valence-electron chi connectivity index (χ1n) is 6.73. The van der Waals surface area contributed by atoms with E-state index in [9.17, 15) is 0 Å². The van der Waals surface area contributed by atoms with Crippen LogP contribution < -0.4 is 5.32 Å². The lowest BCUT2D eigenvalue weighted by atomic mass is 9.89. The van der Waals surface area contributed by atoms with E-state index in [4.69, 9.17) is 10.00 Å². The first kappa shape index (κ1) is 14.5. The smallest absolute Gasteiger partial charge is 0.0779 e. The van der Waals surface area contributed by atoms with E-state index in [0.29, 0.717) is 0 Å². The maximum atomic E-state index is 8.89. The van der Waals surface area contributed by atoms with Gasteiger partial charge < -0.3 is 10.1 Å². The summed E-state index contributed by atoms with van der Waals surface area (Å²) in [5.41, 5.74) is -0.105. The molecule has 0 aromatic rings. The molecule has 1 N–H and O–H groups in total. The Morgan fingerprint density at radius 3 is 2.76 bits per heavy atom. The summed E-state index contributed by atoms with van der Waals surface area (Å²) in [5, 5.41) is 12.4. The standard InChI is InChI=1S/C14H26N2O/c1-13(2,11-15)7-4-5-9-16-12-14(3)8-6-10-17-14/h16H,4-10,12H2,1-3H3. The summed E-state index contributed by atoms with van der Waals surface area (Å²) in [7, 11) is 0. The highest BCUT2D eigenvalue weighted by Gasteiger charge is 2.28.